The van der Waals surface area contributed by atoms with Gasteiger partial charge in [-0.05, 0) is 25.8 Å². The van der Waals surface area contributed by atoms with Gasteiger partial charge in [-0.1, -0.05) is 13.8 Å². The van der Waals surface area contributed by atoms with Crippen LogP contribution in [0.5, 0.6) is 0 Å². The van der Waals surface area contributed by atoms with Gasteiger partial charge in [-0.2, -0.15) is 0 Å². The molecule has 0 bridgehead atoms. The number of aryl methyl sites for hydroxylation is 2. The van der Waals surface area contributed by atoms with Gasteiger partial charge in [0.05, 0.1) is 12.7 Å². The summed E-state index contributed by atoms with van der Waals surface area (Å²) in [5, 5.41) is 12.9. The SMILES string of the molecule is Cc1cc(CNCC(O)COCC(C)C)c(C)o1. The van der Waals surface area contributed by atoms with Crippen molar-refractivity contribution in [1.82, 2.24) is 5.32 Å². The number of nitrogens with one attached hydrogen (secondary N) is 1. The fraction of sp³-hybridized carbons (Fsp3) is 0.714. The molecule has 104 valence electrons. The van der Waals surface area contributed by atoms with E-state index in [1.165, 1.54) is 0 Å². The standard InChI is InChI=1S/C14H25NO3/c1-10(2)8-17-9-14(16)7-15-6-13-5-11(3)18-12(13)4/h5,10,14-16H,6-9H2,1-4H3. The maximum Gasteiger partial charge on any atom is 0.105 e. The largest absolute Gasteiger partial charge is 0.466 e. The average molecular weight is 255 g/mol. The molecular formula is C14H25NO3. The summed E-state index contributed by atoms with van der Waals surface area (Å²) in [7, 11) is 0. The van der Waals surface area contributed by atoms with Crippen LogP contribution in [0.2, 0.25) is 0 Å². The van der Waals surface area contributed by atoms with E-state index in [9.17, 15) is 5.11 Å². The number of rotatable bonds is 8. The minimum Gasteiger partial charge on any atom is -0.466 e. The van der Waals surface area contributed by atoms with E-state index in [0.29, 0.717) is 32.2 Å². The number of aliphatic hydroxyl groups excluding tert-OH is 1. The molecule has 4 heteroatoms. The predicted molar refractivity (Wildman–Crippen MR) is 71.6 cm³/mol. The first-order valence-electron chi connectivity index (χ1n) is 6.51. The Labute approximate surface area is 109 Å². The zero-order valence-electron chi connectivity index (χ0n) is 11.8. The van der Waals surface area contributed by atoms with E-state index in [2.05, 4.69) is 19.2 Å². The normalized spacial score (nSPS) is 13.2. The molecule has 0 aliphatic rings. The van der Waals surface area contributed by atoms with Crippen LogP contribution in [0.15, 0.2) is 10.5 Å². The summed E-state index contributed by atoms with van der Waals surface area (Å²) in [6.07, 6.45) is -0.461. The second kappa shape index (κ2) is 7.56. The molecule has 1 aromatic rings. The molecule has 0 fully saturated rings. The zero-order valence-corrected chi connectivity index (χ0v) is 11.8. The molecule has 1 heterocycles. The van der Waals surface area contributed by atoms with Crippen LogP contribution in [0.25, 0.3) is 0 Å². The molecule has 0 amide bonds. The van der Waals surface area contributed by atoms with E-state index < -0.39 is 6.10 Å². The lowest BCUT2D eigenvalue weighted by molar-refractivity contribution is 0.0260. The van der Waals surface area contributed by atoms with Crippen molar-refractivity contribution in [2.45, 2.75) is 40.3 Å². The smallest absolute Gasteiger partial charge is 0.105 e. The van der Waals surface area contributed by atoms with Crippen molar-refractivity contribution in [3.63, 3.8) is 0 Å². The maximum atomic E-state index is 9.70. The Balaban J connectivity index is 2.15. The molecule has 4 nitrogen and oxygen atoms in total. The van der Waals surface area contributed by atoms with Gasteiger partial charge >= 0.3 is 0 Å². The zero-order chi connectivity index (χ0) is 13.5. The quantitative estimate of drug-likeness (QED) is 0.746. The Morgan fingerprint density at radius 3 is 2.61 bits per heavy atom. The van der Waals surface area contributed by atoms with Gasteiger partial charge in [0.1, 0.15) is 11.5 Å². The van der Waals surface area contributed by atoms with E-state index in [4.69, 9.17) is 9.15 Å². The summed E-state index contributed by atoms with van der Waals surface area (Å²) < 4.78 is 10.8. The molecule has 0 aromatic carbocycles. The lowest BCUT2D eigenvalue weighted by Gasteiger charge is -2.13. The third-order valence-corrected chi connectivity index (χ3v) is 2.60. The van der Waals surface area contributed by atoms with E-state index in [1.807, 2.05) is 19.9 Å². The highest BCUT2D eigenvalue weighted by atomic mass is 16.5. The molecule has 0 aliphatic carbocycles. The molecular weight excluding hydrogens is 230 g/mol. The molecule has 0 saturated heterocycles. The number of furan rings is 1. The summed E-state index contributed by atoms with van der Waals surface area (Å²) in [6, 6.07) is 2.02. The number of hydrogen-bond donors (Lipinski definition) is 2. The summed E-state index contributed by atoms with van der Waals surface area (Å²) >= 11 is 0. The third kappa shape index (κ3) is 5.67. The van der Waals surface area contributed by atoms with Gasteiger partial charge in [0.2, 0.25) is 0 Å². The summed E-state index contributed by atoms with van der Waals surface area (Å²) in [4.78, 5) is 0. The van der Waals surface area contributed by atoms with Crippen molar-refractivity contribution >= 4 is 0 Å². The van der Waals surface area contributed by atoms with Gasteiger partial charge in [-0.3, -0.25) is 0 Å². The molecule has 18 heavy (non-hydrogen) atoms. The molecule has 1 aromatic heterocycles. The second-order valence-electron chi connectivity index (χ2n) is 5.15. The first kappa shape index (κ1) is 15.2. The Kier molecular flexibility index (Phi) is 6.39. The molecule has 0 spiro atoms. The van der Waals surface area contributed by atoms with Crippen LogP contribution >= 0.6 is 0 Å². The van der Waals surface area contributed by atoms with E-state index >= 15 is 0 Å². The van der Waals surface area contributed by atoms with E-state index in [1.54, 1.807) is 0 Å². The topological polar surface area (TPSA) is 54.6 Å². The molecule has 0 saturated carbocycles. The number of hydrogen-bond acceptors (Lipinski definition) is 4. The van der Waals surface area contributed by atoms with Crippen molar-refractivity contribution < 1.29 is 14.3 Å². The molecule has 2 N–H and O–H groups in total. The average Bonchev–Trinajstić information content (AvgIpc) is 2.57. The lowest BCUT2D eigenvalue weighted by Crippen LogP contribution is -2.30. The van der Waals surface area contributed by atoms with Gasteiger partial charge in [0, 0.05) is 25.3 Å². The summed E-state index contributed by atoms with van der Waals surface area (Å²) in [5.74, 6) is 2.36. The van der Waals surface area contributed by atoms with Crippen LogP contribution in [-0.2, 0) is 11.3 Å². The first-order valence-corrected chi connectivity index (χ1v) is 6.51. The van der Waals surface area contributed by atoms with Crippen LogP contribution in [-0.4, -0.2) is 31.0 Å². The fourth-order valence-electron chi connectivity index (χ4n) is 1.73. The lowest BCUT2D eigenvalue weighted by atomic mass is 10.2. The second-order valence-corrected chi connectivity index (χ2v) is 5.15. The van der Waals surface area contributed by atoms with Gasteiger partial charge in [-0.15, -0.1) is 0 Å². The Bertz CT molecular complexity index is 347. The van der Waals surface area contributed by atoms with E-state index in [0.717, 1.165) is 17.1 Å². The van der Waals surface area contributed by atoms with Crippen molar-refractivity contribution in [3.8, 4) is 0 Å². The van der Waals surface area contributed by atoms with Gasteiger partial charge in [0.15, 0.2) is 0 Å². The van der Waals surface area contributed by atoms with Crippen molar-refractivity contribution in [1.29, 1.82) is 0 Å². The monoisotopic (exact) mass is 255 g/mol. The first-order chi connectivity index (χ1) is 8.49. The number of aliphatic hydroxyl groups is 1. The predicted octanol–water partition coefficient (Wildman–Crippen LogP) is 2.02. The van der Waals surface area contributed by atoms with Crippen LogP contribution in [0.3, 0.4) is 0 Å². The van der Waals surface area contributed by atoms with Crippen LogP contribution in [0, 0.1) is 19.8 Å². The van der Waals surface area contributed by atoms with E-state index in [-0.39, 0.29) is 0 Å². The molecule has 1 unspecified atom stereocenters. The minimum atomic E-state index is -0.461. The summed E-state index contributed by atoms with van der Waals surface area (Å²) in [6.45, 7) is 10.4. The highest BCUT2D eigenvalue weighted by Crippen LogP contribution is 2.12. The van der Waals surface area contributed by atoms with Crippen LogP contribution in [0.4, 0.5) is 0 Å². The van der Waals surface area contributed by atoms with Crippen LogP contribution in [0.1, 0.15) is 30.9 Å². The molecule has 1 rings (SSSR count). The fourth-order valence-corrected chi connectivity index (χ4v) is 1.73. The summed E-state index contributed by atoms with van der Waals surface area (Å²) in [5.41, 5.74) is 1.14. The Hall–Kier alpha value is -0.840. The van der Waals surface area contributed by atoms with Crippen LogP contribution < -0.4 is 5.32 Å². The van der Waals surface area contributed by atoms with Gasteiger partial charge < -0.3 is 19.6 Å². The van der Waals surface area contributed by atoms with Crippen molar-refractivity contribution in [2.24, 2.45) is 5.92 Å². The molecule has 1 atom stereocenters. The number of ether oxygens (including phenoxy) is 1. The van der Waals surface area contributed by atoms with Gasteiger partial charge in [0.25, 0.3) is 0 Å². The molecule has 0 radical (unpaired) electrons. The highest BCUT2D eigenvalue weighted by molar-refractivity contribution is 5.19. The maximum absolute atomic E-state index is 9.70. The van der Waals surface area contributed by atoms with Crippen molar-refractivity contribution in [2.75, 3.05) is 19.8 Å². The van der Waals surface area contributed by atoms with Gasteiger partial charge in [-0.25, -0.2) is 0 Å². The minimum absolute atomic E-state index is 0.384. The Morgan fingerprint density at radius 2 is 2.06 bits per heavy atom. The third-order valence-electron chi connectivity index (χ3n) is 2.60. The molecule has 0 aliphatic heterocycles. The Morgan fingerprint density at radius 1 is 1.33 bits per heavy atom. The highest BCUT2D eigenvalue weighted by Gasteiger charge is 2.07. The van der Waals surface area contributed by atoms with Crippen molar-refractivity contribution in [3.05, 3.63) is 23.2 Å².